The van der Waals surface area contributed by atoms with Crippen LogP contribution in [-0.2, 0) is 11.2 Å². The molecular weight excluding hydrogens is 354 g/mol. The molecule has 2 aliphatic rings. The number of likely N-dealkylation sites (tertiary alicyclic amines) is 1. The Morgan fingerprint density at radius 2 is 1.74 bits per heavy atom. The Labute approximate surface area is 171 Å². The van der Waals surface area contributed by atoms with Crippen LogP contribution in [0.3, 0.4) is 0 Å². The number of ketones is 1. The summed E-state index contributed by atoms with van der Waals surface area (Å²) in [5.74, 6) is 1.66. The molecule has 2 fully saturated rings. The average molecular weight is 390 g/mol. The molecule has 2 unspecified atom stereocenters. The highest BCUT2D eigenvalue weighted by atomic mass is 35.5. The largest absolute Gasteiger partial charge is 0.303 e. The van der Waals surface area contributed by atoms with Crippen LogP contribution in [0.1, 0.15) is 69.9 Å². The Balaban J connectivity index is 0.00000261. The number of nitrogens with zero attached hydrogens (tertiary/aromatic N) is 1. The molecule has 27 heavy (non-hydrogen) atoms. The second kappa shape index (κ2) is 10.4. The topological polar surface area (TPSA) is 20.3 Å². The van der Waals surface area contributed by atoms with Crippen LogP contribution in [0.25, 0.3) is 0 Å². The Kier molecular flexibility index (Phi) is 8.57. The van der Waals surface area contributed by atoms with Gasteiger partial charge < -0.3 is 4.90 Å². The lowest BCUT2D eigenvalue weighted by Crippen LogP contribution is -2.35. The quantitative estimate of drug-likeness (QED) is 0.573. The molecular formula is C24H36ClNO. The van der Waals surface area contributed by atoms with Gasteiger partial charge in [-0.3, -0.25) is 4.79 Å². The lowest BCUT2D eigenvalue weighted by molar-refractivity contribution is -0.118. The minimum atomic E-state index is 0. The van der Waals surface area contributed by atoms with Crippen molar-refractivity contribution >= 4 is 18.2 Å². The molecule has 1 saturated heterocycles. The Morgan fingerprint density at radius 1 is 1.07 bits per heavy atom. The van der Waals surface area contributed by atoms with E-state index in [4.69, 9.17) is 0 Å². The fourth-order valence-electron chi connectivity index (χ4n) is 4.47. The van der Waals surface area contributed by atoms with Crippen LogP contribution in [-0.4, -0.2) is 30.3 Å². The van der Waals surface area contributed by atoms with Gasteiger partial charge in [-0.25, -0.2) is 0 Å². The van der Waals surface area contributed by atoms with Crippen LogP contribution in [0.4, 0.5) is 0 Å². The normalized spacial score (nSPS) is 23.6. The number of benzene rings is 1. The first-order chi connectivity index (χ1) is 12.5. The number of piperidine rings is 1. The van der Waals surface area contributed by atoms with Crippen LogP contribution < -0.4 is 0 Å². The zero-order chi connectivity index (χ0) is 18.5. The van der Waals surface area contributed by atoms with Gasteiger partial charge >= 0.3 is 0 Å². The van der Waals surface area contributed by atoms with E-state index in [-0.39, 0.29) is 18.3 Å². The molecule has 150 valence electrons. The fourth-order valence-corrected chi connectivity index (χ4v) is 4.47. The number of halogens is 1. The van der Waals surface area contributed by atoms with E-state index in [1.165, 1.54) is 43.5 Å². The summed E-state index contributed by atoms with van der Waals surface area (Å²) in [5, 5.41) is 0. The Hall–Kier alpha value is -1.12. The van der Waals surface area contributed by atoms with Crippen molar-refractivity contribution in [3.8, 4) is 0 Å². The first-order valence-corrected chi connectivity index (χ1v) is 10.6. The predicted octanol–water partition coefficient (Wildman–Crippen LogP) is 5.80. The summed E-state index contributed by atoms with van der Waals surface area (Å²) in [4.78, 5) is 15.3. The molecule has 0 N–H and O–H groups in total. The molecule has 1 aromatic carbocycles. The first-order valence-electron chi connectivity index (χ1n) is 10.6. The van der Waals surface area contributed by atoms with Crippen LogP contribution >= 0.6 is 12.4 Å². The molecule has 1 aromatic rings. The molecule has 3 rings (SSSR count). The number of allylic oxidation sites excluding steroid dienone is 2. The summed E-state index contributed by atoms with van der Waals surface area (Å²) >= 11 is 0. The third-order valence-corrected chi connectivity index (χ3v) is 5.98. The predicted molar refractivity (Wildman–Crippen MR) is 117 cm³/mol. The number of hydrogen-bond acceptors (Lipinski definition) is 2. The summed E-state index contributed by atoms with van der Waals surface area (Å²) in [7, 11) is 0. The van der Waals surface area contributed by atoms with Crippen molar-refractivity contribution in [1.29, 1.82) is 0 Å². The van der Waals surface area contributed by atoms with Crippen molar-refractivity contribution in [2.45, 2.75) is 65.2 Å². The molecule has 2 nitrogen and oxygen atoms in total. The molecule has 1 heterocycles. The van der Waals surface area contributed by atoms with Gasteiger partial charge in [0.15, 0.2) is 5.78 Å². The Morgan fingerprint density at radius 3 is 2.37 bits per heavy atom. The van der Waals surface area contributed by atoms with Crippen LogP contribution in [0.2, 0.25) is 0 Å². The summed E-state index contributed by atoms with van der Waals surface area (Å²) in [6, 6.07) is 8.98. The lowest BCUT2D eigenvalue weighted by Gasteiger charge is -2.28. The molecule has 1 saturated carbocycles. The first kappa shape index (κ1) is 22.2. The fraction of sp³-hybridized carbons (Fsp3) is 0.625. The molecule has 2 atom stereocenters. The summed E-state index contributed by atoms with van der Waals surface area (Å²) in [6.07, 6.45) is 9.32. The van der Waals surface area contributed by atoms with Crippen molar-refractivity contribution in [2.75, 3.05) is 19.6 Å². The number of hydrogen-bond donors (Lipinski definition) is 0. The van der Waals surface area contributed by atoms with Crippen molar-refractivity contribution in [3.63, 3.8) is 0 Å². The van der Waals surface area contributed by atoms with E-state index >= 15 is 0 Å². The van der Waals surface area contributed by atoms with Gasteiger partial charge in [-0.1, -0.05) is 57.5 Å². The van der Waals surface area contributed by atoms with E-state index in [1.54, 1.807) is 0 Å². The highest BCUT2D eigenvalue weighted by Crippen LogP contribution is 2.31. The molecule has 0 spiro atoms. The maximum Gasteiger partial charge on any atom is 0.162 e. The van der Waals surface area contributed by atoms with E-state index < -0.39 is 0 Å². The second-order valence-corrected chi connectivity index (χ2v) is 8.78. The summed E-state index contributed by atoms with van der Waals surface area (Å²) in [6.45, 7) is 10.1. The van der Waals surface area contributed by atoms with Crippen molar-refractivity contribution in [3.05, 3.63) is 47.0 Å². The number of carbonyl (C=O) groups is 1. The number of carbonyl (C=O) groups excluding carboxylic acids is 1. The molecule has 3 heteroatoms. The second-order valence-electron chi connectivity index (χ2n) is 8.78. The van der Waals surface area contributed by atoms with Gasteiger partial charge in [0, 0.05) is 12.5 Å². The zero-order valence-electron chi connectivity index (χ0n) is 17.2. The minimum absolute atomic E-state index is 0. The molecule has 0 bridgehead atoms. The van der Waals surface area contributed by atoms with Gasteiger partial charge in [0.25, 0.3) is 0 Å². The highest BCUT2D eigenvalue weighted by Gasteiger charge is 2.31. The lowest BCUT2D eigenvalue weighted by atomic mass is 9.94. The maximum atomic E-state index is 12.8. The molecule has 1 aliphatic heterocycles. The Bertz CT molecular complexity index is 628. The van der Waals surface area contributed by atoms with Crippen molar-refractivity contribution in [1.82, 2.24) is 4.90 Å². The third-order valence-electron chi connectivity index (χ3n) is 5.98. The number of rotatable bonds is 6. The van der Waals surface area contributed by atoms with Gasteiger partial charge in [0.05, 0.1) is 0 Å². The van der Waals surface area contributed by atoms with E-state index in [9.17, 15) is 4.79 Å². The van der Waals surface area contributed by atoms with Crippen molar-refractivity contribution in [2.24, 2.45) is 11.8 Å². The maximum absolute atomic E-state index is 12.8. The van der Waals surface area contributed by atoms with Crippen LogP contribution in [0.5, 0.6) is 0 Å². The average Bonchev–Trinajstić information content (AvgIpc) is 2.96. The SMILES string of the molecule is CC(C)Cc1ccc(C(C)/C=C2/CCC(CN3CCCCC3)C2=O)cc1.Cl. The zero-order valence-corrected chi connectivity index (χ0v) is 18.1. The highest BCUT2D eigenvalue weighted by molar-refractivity contribution is 5.99. The number of Topliss-reactive ketones (excluding diaryl/α,β-unsaturated/α-hetero) is 1. The van der Waals surface area contributed by atoms with Crippen LogP contribution in [0.15, 0.2) is 35.9 Å². The standard InChI is InChI=1S/C24H35NO.ClH/c1-18(2)15-20-7-9-21(10-8-20)19(3)16-22-11-12-23(24(22)26)17-25-13-5-4-6-14-25;/h7-10,16,18-19,23H,4-6,11-15,17H2,1-3H3;1H/b22-16-;. The van der Waals surface area contributed by atoms with Crippen molar-refractivity contribution < 1.29 is 4.79 Å². The summed E-state index contributed by atoms with van der Waals surface area (Å²) < 4.78 is 0. The molecule has 0 amide bonds. The summed E-state index contributed by atoms with van der Waals surface area (Å²) in [5.41, 5.74) is 3.80. The molecule has 1 aliphatic carbocycles. The van der Waals surface area contributed by atoms with E-state index in [0.717, 1.165) is 31.4 Å². The monoisotopic (exact) mass is 389 g/mol. The molecule has 0 aromatic heterocycles. The van der Waals surface area contributed by atoms with E-state index in [0.29, 0.717) is 17.6 Å². The van der Waals surface area contributed by atoms with Gasteiger partial charge in [0.1, 0.15) is 0 Å². The van der Waals surface area contributed by atoms with E-state index in [2.05, 4.69) is 56.0 Å². The smallest absolute Gasteiger partial charge is 0.162 e. The van der Waals surface area contributed by atoms with Gasteiger partial charge in [-0.15, -0.1) is 12.4 Å². The van der Waals surface area contributed by atoms with Gasteiger partial charge in [-0.05, 0) is 73.7 Å². The van der Waals surface area contributed by atoms with E-state index in [1.807, 2.05) is 0 Å². The van der Waals surface area contributed by atoms with Gasteiger partial charge in [-0.2, -0.15) is 0 Å². The van der Waals surface area contributed by atoms with Gasteiger partial charge in [0.2, 0.25) is 0 Å². The van der Waals surface area contributed by atoms with Crippen LogP contribution in [0, 0.1) is 11.8 Å². The molecule has 0 radical (unpaired) electrons. The third kappa shape index (κ3) is 6.19. The minimum Gasteiger partial charge on any atom is -0.303 e.